The van der Waals surface area contributed by atoms with Gasteiger partial charge in [-0.25, -0.2) is 0 Å². The molecule has 2 heteroatoms. The lowest BCUT2D eigenvalue weighted by molar-refractivity contribution is -0.210. The van der Waals surface area contributed by atoms with Crippen molar-refractivity contribution in [1.82, 2.24) is 5.32 Å². The van der Waals surface area contributed by atoms with Crippen molar-refractivity contribution in [3.8, 4) is 0 Å². The van der Waals surface area contributed by atoms with E-state index in [2.05, 4.69) is 19.2 Å². The lowest BCUT2D eigenvalue weighted by Gasteiger charge is -2.51. The van der Waals surface area contributed by atoms with Gasteiger partial charge in [0.15, 0.2) is 0 Å². The molecule has 0 amide bonds. The van der Waals surface area contributed by atoms with Crippen molar-refractivity contribution in [3.05, 3.63) is 0 Å². The molecule has 2 nitrogen and oxygen atoms in total. The second-order valence-electron chi connectivity index (χ2n) is 6.83. The van der Waals surface area contributed by atoms with Gasteiger partial charge >= 0.3 is 0 Å². The maximum absolute atomic E-state index is 6.74. The first kappa shape index (κ1) is 11.0. The fraction of sp³-hybridized carbons (Fsp3) is 1.00. The summed E-state index contributed by atoms with van der Waals surface area (Å²) in [5.41, 5.74) is 0.686. The molecule has 2 spiro atoms. The molecule has 2 saturated carbocycles. The largest absolute Gasteiger partial charge is 0.365 e. The summed E-state index contributed by atoms with van der Waals surface area (Å²) in [6, 6.07) is 0. The van der Waals surface area contributed by atoms with Gasteiger partial charge < -0.3 is 10.1 Å². The highest BCUT2D eigenvalue weighted by molar-refractivity contribution is 5.08. The molecule has 0 aromatic heterocycles. The molecule has 1 N–H and O–H groups in total. The van der Waals surface area contributed by atoms with E-state index in [1.54, 1.807) is 0 Å². The van der Waals surface area contributed by atoms with Crippen molar-refractivity contribution in [1.29, 1.82) is 0 Å². The van der Waals surface area contributed by atoms with Gasteiger partial charge in [0.25, 0.3) is 0 Å². The van der Waals surface area contributed by atoms with Crippen LogP contribution < -0.4 is 5.32 Å². The minimum absolute atomic E-state index is 0.135. The molecule has 0 bridgehead atoms. The molecule has 92 valence electrons. The van der Waals surface area contributed by atoms with Crippen LogP contribution in [-0.2, 0) is 4.74 Å². The average molecular weight is 223 g/mol. The minimum atomic E-state index is 0.135. The number of hydrogen-bond donors (Lipinski definition) is 1. The van der Waals surface area contributed by atoms with Crippen LogP contribution in [0.4, 0.5) is 0 Å². The van der Waals surface area contributed by atoms with Crippen LogP contribution in [-0.4, -0.2) is 24.3 Å². The average Bonchev–Trinajstić information content (AvgIpc) is 2.75. The quantitative estimate of drug-likeness (QED) is 0.682. The number of rotatable bonds is 0. The van der Waals surface area contributed by atoms with Crippen LogP contribution in [0.15, 0.2) is 0 Å². The highest BCUT2D eigenvalue weighted by atomic mass is 16.5. The van der Waals surface area contributed by atoms with Crippen molar-refractivity contribution in [2.75, 3.05) is 13.1 Å². The summed E-state index contributed by atoms with van der Waals surface area (Å²) in [6.07, 6.45) is 9.19. The zero-order chi connectivity index (χ0) is 11.3. The lowest BCUT2D eigenvalue weighted by atomic mass is 9.75. The number of hydrogen-bond acceptors (Lipinski definition) is 2. The van der Waals surface area contributed by atoms with Crippen LogP contribution in [0.5, 0.6) is 0 Å². The van der Waals surface area contributed by atoms with Crippen molar-refractivity contribution in [3.63, 3.8) is 0 Å². The predicted molar refractivity (Wildman–Crippen MR) is 65.5 cm³/mol. The summed E-state index contributed by atoms with van der Waals surface area (Å²) in [5, 5.41) is 3.68. The second-order valence-corrected chi connectivity index (χ2v) is 6.83. The Kier molecular flexibility index (Phi) is 2.38. The summed E-state index contributed by atoms with van der Waals surface area (Å²) in [6.45, 7) is 6.96. The number of morpholine rings is 1. The highest BCUT2D eigenvalue weighted by Gasteiger charge is 2.56. The lowest BCUT2D eigenvalue weighted by Crippen LogP contribution is -2.63. The van der Waals surface area contributed by atoms with Gasteiger partial charge in [0.05, 0.1) is 11.2 Å². The molecule has 1 unspecified atom stereocenters. The molecule has 3 aliphatic rings. The molecule has 3 fully saturated rings. The Balaban J connectivity index is 1.86. The van der Waals surface area contributed by atoms with E-state index in [9.17, 15) is 0 Å². The molecule has 3 rings (SSSR count). The van der Waals surface area contributed by atoms with E-state index >= 15 is 0 Å². The summed E-state index contributed by atoms with van der Waals surface area (Å²) in [4.78, 5) is 0. The maximum Gasteiger partial charge on any atom is 0.0864 e. The fourth-order valence-electron chi connectivity index (χ4n) is 4.18. The van der Waals surface area contributed by atoms with E-state index in [1.807, 2.05) is 0 Å². The first-order chi connectivity index (χ1) is 7.58. The minimum Gasteiger partial charge on any atom is -0.365 e. The van der Waals surface area contributed by atoms with Gasteiger partial charge in [-0.15, -0.1) is 0 Å². The molecule has 0 aromatic rings. The van der Waals surface area contributed by atoms with Crippen LogP contribution in [0.2, 0.25) is 0 Å². The molecule has 1 heterocycles. The normalized spacial score (nSPS) is 40.9. The van der Waals surface area contributed by atoms with E-state index in [0.29, 0.717) is 5.41 Å². The molecule has 1 saturated heterocycles. The third-order valence-electron chi connectivity index (χ3n) is 5.40. The zero-order valence-electron chi connectivity index (χ0n) is 10.8. The van der Waals surface area contributed by atoms with Crippen LogP contribution in [0.1, 0.15) is 58.8 Å². The standard InChI is InChI=1S/C14H25NO/c1-12(2)6-5-9-14(12)11-15-10-13(16-14)7-3-4-8-13/h15H,3-11H2,1-2H3. The molecule has 0 aromatic carbocycles. The maximum atomic E-state index is 6.74. The van der Waals surface area contributed by atoms with Crippen LogP contribution >= 0.6 is 0 Å². The Hall–Kier alpha value is -0.0800. The molecule has 1 atom stereocenters. The molecule has 1 aliphatic heterocycles. The topological polar surface area (TPSA) is 21.3 Å². The summed E-state index contributed by atoms with van der Waals surface area (Å²) < 4.78 is 6.74. The van der Waals surface area contributed by atoms with Gasteiger partial charge in [-0.1, -0.05) is 26.7 Å². The van der Waals surface area contributed by atoms with E-state index in [0.717, 1.165) is 13.1 Å². The Morgan fingerprint density at radius 3 is 2.25 bits per heavy atom. The smallest absolute Gasteiger partial charge is 0.0864 e. The third kappa shape index (κ3) is 1.46. The fourth-order valence-corrected chi connectivity index (χ4v) is 4.18. The van der Waals surface area contributed by atoms with Gasteiger partial charge in [0.1, 0.15) is 0 Å². The monoisotopic (exact) mass is 223 g/mol. The van der Waals surface area contributed by atoms with Gasteiger partial charge in [0.2, 0.25) is 0 Å². The zero-order valence-corrected chi connectivity index (χ0v) is 10.8. The van der Waals surface area contributed by atoms with Gasteiger partial charge in [0, 0.05) is 13.1 Å². The van der Waals surface area contributed by atoms with E-state index in [-0.39, 0.29) is 11.2 Å². The molecular weight excluding hydrogens is 198 g/mol. The SMILES string of the molecule is CC1(C)CCCC12CNCC1(CCCC1)O2. The van der Waals surface area contributed by atoms with E-state index in [4.69, 9.17) is 4.74 Å². The summed E-state index contributed by atoms with van der Waals surface area (Å²) in [7, 11) is 0. The summed E-state index contributed by atoms with van der Waals surface area (Å²) in [5.74, 6) is 0. The Morgan fingerprint density at radius 1 is 0.875 bits per heavy atom. The van der Waals surface area contributed by atoms with Gasteiger partial charge in [-0.3, -0.25) is 0 Å². The van der Waals surface area contributed by atoms with Crippen molar-refractivity contribution in [2.45, 2.75) is 70.0 Å². The Labute approximate surface area is 99.1 Å². The molecule has 16 heavy (non-hydrogen) atoms. The third-order valence-corrected chi connectivity index (χ3v) is 5.40. The van der Waals surface area contributed by atoms with Gasteiger partial charge in [-0.05, 0) is 37.5 Å². The van der Waals surface area contributed by atoms with Crippen LogP contribution in [0.25, 0.3) is 0 Å². The first-order valence-corrected chi connectivity index (χ1v) is 6.99. The van der Waals surface area contributed by atoms with Gasteiger partial charge in [-0.2, -0.15) is 0 Å². The highest BCUT2D eigenvalue weighted by Crippen LogP contribution is 2.53. The molecule has 0 radical (unpaired) electrons. The molecular formula is C14H25NO. The van der Waals surface area contributed by atoms with Crippen molar-refractivity contribution >= 4 is 0 Å². The number of ether oxygens (including phenoxy) is 1. The number of nitrogens with one attached hydrogen (secondary N) is 1. The van der Waals surface area contributed by atoms with E-state index < -0.39 is 0 Å². The second kappa shape index (κ2) is 3.46. The first-order valence-electron chi connectivity index (χ1n) is 6.99. The molecule has 2 aliphatic carbocycles. The predicted octanol–water partition coefficient (Wildman–Crippen LogP) is 2.87. The van der Waals surface area contributed by atoms with Crippen LogP contribution in [0.3, 0.4) is 0 Å². The Morgan fingerprint density at radius 2 is 1.62 bits per heavy atom. The van der Waals surface area contributed by atoms with Crippen molar-refractivity contribution < 1.29 is 4.74 Å². The van der Waals surface area contributed by atoms with Crippen LogP contribution in [0, 0.1) is 5.41 Å². The Bertz CT molecular complexity index is 280. The van der Waals surface area contributed by atoms with Crippen molar-refractivity contribution in [2.24, 2.45) is 5.41 Å². The van der Waals surface area contributed by atoms with E-state index in [1.165, 1.54) is 44.9 Å². The summed E-state index contributed by atoms with van der Waals surface area (Å²) >= 11 is 0.